The second kappa shape index (κ2) is 7.54. The second-order valence-corrected chi connectivity index (χ2v) is 6.87. The van der Waals surface area contributed by atoms with Crippen molar-refractivity contribution < 1.29 is 9.18 Å². The molecule has 6 nitrogen and oxygen atoms in total. The number of nitrogens with zero attached hydrogens (tertiary/aromatic N) is 4. The number of rotatable bonds is 6. The Morgan fingerprint density at radius 2 is 2.29 bits per heavy atom. The van der Waals surface area contributed by atoms with Crippen LogP contribution >= 0.6 is 23.1 Å². The minimum absolute atomic E-state index is 0.0442. The van der Waals surface area contributed by atoms with Gasteiger partial charge in [0.1, 0.15) is 5.82 Å². The number of aromatic nitrogens is 4. The van der Waals surface area contributed by atoms with Gasteiger partial charge in [0.15, 0.2) is 0 Å². The molecule has 3 aromatic rings. The van der Waals surface area contributed by atoms with Crippen LogP contribution < -0.4 is 5.32 Å². The molecule has 1 N–H and O–H groups in total. The Morgan fingerprint density at radius 1 is 1.42 bits per heavy atom. The Kier molecular flexibility index (Phi) is 5.21. The number of hydrogen-bond acceptors (Lipinski definition) is 6. The zero-order chi connectivity index (χ0) is 16.9. The number of carbonyl (C=O) groups is 1. The molecule has 124 valence electrons. The fourth-order valence-electron chi connectivity index (χ4n) is 2.06. The van der Waals surface area contributed by atoms with E-state index in [1.807, 2.05) is 24.4 Å². The summed E-state index contributed by atoms with van der Waals surface area (Å²) < 4.78 is 14.7. The molecule has 1 atom stereocenters. The summed E-state index contributed by atoms with van der Waals surface area (Å²) in [5.41, 5.74) is 0.509. The van der Waals surface area contributed by atoms with Gasteiger partial charge in [0.05, 0.1) is 17.5 Å². The Morgan fingerprint density at radius 3 is 3.04 bits per heavy atom. The number of benzene rings is 1. The molecule has 0 saturated heterocycles. The number of tetrazole rings is 1. The first-order chi connectivity index (χ1) is 11.6. The first-order valence-electron chi connectivity index (χ1n) is 7.13. The zero-order valence-electron chi connectivity index (χ0n) is 12.7. The van der Waals surface area contributed by atoms with Crippen LogP contribution in [0.25, 0.3) is 5.69 Å². The van der Waals surface area contributed by atoms with E-state index in [0.717, 1.165) is 4.88 Å². The van der Waals surface area contributed by atoms with Crippen molar-refractivity contribution in [1.82, 2.24) is 25.5 Å². The van der Waals surface area contributed by atoms with E-state index >= 15 is 0 Å². The van der Waals surface area contributed by atoms with Crippen LogP contribution in [0.5, 0.6) is 0 Å². The van der Waals surface area contributed by atoms with Gasteiger partial charge in [-0.3, -0.25) is 4.79 Å². The molecule has 0 spiro atoms. The lowest BCUT2D eigenvalue weighted by molar-refractivity contribution is -0.119. The van der Waals surface area contributed by atoms with Gasteiger partial charge in [-0.05, 0) is 47.0 Å². The van der Waals surface area contributed by atoms with E-state index < -0.39 is 0 Å². The molecular formula is C15H14FN5OS2. The molecule has 0 radical (unpaired) electrons. The molecule has 24 heavy (non-hydrogen) atoms. The average Bonchev–Trinajstić information content (AvgIpc) is 3.24. The average molecular weight is 363 g/mol. The van der Waals surface area contributed by atoms with E-state index in [9.17, 15) is 9.18 Å². The van der Waals surface area contributed by atoms with E-state index in [-0.39, 0.29) is 23.5 Å². The van der Waals surface area contributed by atoms with Crippen LogP contribution in [0.1, 0.15) is 17.8 Å². The lowest BCUT2D eigenvalue weighted by Crippen LogP contribution is -2.27. The topological polar surface area (TPSA) is 72.7 Å². The van der Waals surface area contributed by atoms with Crippen molar-refractivity contribution in [3.63, 3.8) is 0 Å². The van der Waals surface area contributed by atoms with Gasteiger partial charge in [-0.1, -0.05) is 23.9 Å². The summed E-state index contributed by atoms with van der Waals surface area (Å²) in [7, 11) is 0. The summed E-state index contributed by atoms with van der Waals surface area (Å²) in [4.78, 5) is 13.2. The molecule has 9 heteroatoms. The second-order valence-electron chi connectivity index (χ2n) is 4.95. The van der Waals surface area contributed by atoms with Crippen LogP contribution in [-0.4, -0.2) is 31.9 Å². The predicted octanol–water partition coefficient (Wildman–Crippen LogP) is 2.83. The molecule has 2 heterocycles. The van der Waals surface area contributed by atoms with Crippen molar-refractivity contribution in [3.8, 4) is 5.69 Å². The van der Waals surface area contributed by atoms with Crippen molar-refractivity contribution in [2.45, 2.75) is 18.1 Å². The number of carbonyl (C=O) groups excluding carboxylic acids is 1. The van der Waals surface area contributed by atoms with Gasteiger partial charge in [0.25, 0.3) is 0 Å². The van der Waals surface area contributed by atoms with E-state index in [1.54, 1.807) is 23.5 Å². The highest BCUT2D eigenvalue weighted by molar-refractivity contribution is 7.99. The summed E-state index contributed by atoms with van der Waals surface area (Å²) in [5, 5.41) is 16.7. The molecule has 2 aromatic heterocycles. The van der Waals surface area contributed by atoms with Crippen LogP contribution in [0, 0.1) is 5.82 Å². The largest absolute Gasteiger partial charge is 0.348 e. The fraction of sp³-hybridized carbons (Fsp3) is 0.200. The Bertz CT molecular complexity index is 821. The standard InChI is InChI=1S/C15H14FN5OS2/c1-10(13-6-3-7-23-13)17-14(22)9-24-15-18-19-20-21(15)12-5-2-4-11(16)8-12/h2-8,10H,9H2,1H3,(H,17,22)/t10-/m0/s1. The fourth-order valence-corrected chi connectivity index (χ4v) is 3.50. The molecule has 0 aliphatic heterocycles. The lowest BCUT2D eigenvalue weighted by atomic mass is 10.3. The quantitative estimate of drug-likeness (QED) is 0.682. The first-order valence-corrected chi connectivity index (χ1v) is 9.00. The van der Waals surface area contributed by atoms with Crippen LogP contribution in [0.3, 0.4) is 0 Å². The van der Waals surface area contributed by atoms with Crippen molar-refractivity contribution >= 4 is 29.0 Å². The van der Waals surface area contributed by atoms with Gasteiger partial charge in [-0.2, -0.15) is 4.68 Å². The van der Waals surface area contributed by atoms with Crippen molar-refractivity contribution in [2.75, 3.05) is 5.75 Å². The monoisotopic (exact) mass is 363 g/mol. The van der Waals surface area contributed by atoms with Crippen LogP contribution in [0.4, 0.5) is 4.39 Å². The van der Waals surface area contributed by atoms with Crippen molar-refractivity contribution in [2.24, 2.45) is 0 Å². The third kappa shape index (κ3) is 3.98. The minimum atomic E-state index is -0.374. The summed E-state index contributed by atoms with van der Waals surface area (Å²) in [5.74, 6) is -0.318. The highest BCUT2D eigenvalue weighted by atomic mass is 32.2. The van der Waals surface area contributed by atoms with Crippen LogP contribution in [-0.2, 0) is 4.79 Å². The van der Waals surface area contributed by atoms with Crippen LogP contribution in [0.15, 0.2) is 46.9 Å². The number of thioether (sulfide) groups is 1. The molecule has 1 aromatic carbocycles. The van der Waals surface area contributed by atoms with E-state index in [1.165, 1.54) is 28.6 Å². The predicted molar refractivity (Wildman–Crippen MR) is 90.7 cm³/mol. The summed E-state index contributed by atoms with van der Waals surface area (Å²) in [6, 6.07) is 9.84. The lowest BCUT2D eigenvalue weighted by Gasteiger charge is -2.11. The highest BCUT2D eigenvalue weighted by Crippen LogP contribution is 2.20. The number of amides is 1. The van der Waals surface area contributed by atoms with Gasteiger partial charge in [-0.15, -0.1) is 16.4 Å². The Labute approximate surface area is 146 Å². The van der Waals surface area contributed by atoms with Crippen molar-refractivity contribution in [3.05, 3.63) is 52.5 Å². The number of halogens is 1. The van der Waals surface area contributed by atoms with Gasteiger partial charge in [0, 0.05) is 4.88 Å². The third-order valence-electron chi connectivity index (χ3n) is 3.17. The van der Waals surface area contributed by atoms with Crippen LogP contribution in [0.2, 0.25) is 0 Å². The van der Waals surface area contributed by atoms with E-state index in [0.29, 0.717) is 10.8 Å². The number of hydrogen-bond donors (Lipinski definition) is 1. The summed E-state index contributed by atoms with van der Waals surface area (Å²) >= 11 is 2.79. The van der Waals surface area contributed by atoms with Crippen molar-refractivity contribution in [1.29, 1.82) is 0 Å². The van der Waals surface area contributed by atoms with E-state index in [2.05, 4.69) is 20.8 Å². The SMILES string of the molecule is C[C@H](NC(=O)CSc1nnnn1-c1cccc(F)c1)c1cccs1. The molecule has 0 aliphatic rings. The molecular weight excluding hydrogens is 349 g/mol. The number of thiophene rings is 1. The minimum Gasteiger partial charge on any atom is -0.348 e. The van der Waals surface area contributed by atoms with Gasteiger partial charge in [-0.25, -0.2) is 4.39 Å². The maximum absolute atomic E-state index is 13.3. The normalized spacial score (nSPS) is 12.1. The molecule has 0 bridgehead atoms. The molecule has 1 amide bonds. The van der Waals surface area contributed by atoms with Gasteiger partial charge < -0.3 is 5.32 Å². The molecule has 0 unspecified atom stereocenters. The smallest absolute Gasteiger partial charge is 0.230 e. The Balaban J connectivity index is 1.61. The third-order valence-corrected chi connectivity index (χ3v) is 5.15. The zero-order valence-corrected chi connectivity index (χ0v) is 14.4. The van der Waals surface area contributed by atoms with Gasteiger partial charge >= 0.3 is 0 Å². The summed E-state index contributed by atoms with van der Waals surface area (Å²) in [6.45, 7) is 1.94. The molecule has 0 saturated carbocycles. The molecule has 0 fully saturated rings. The molecule has 3 rings (SSSR count). The summed E-state index contributed by atoms with van der Waals surface area (Å²) in [6.07, 6.45) is 0. The number of nitrogens with one attached hydrogen (secondary N) is 1. The maximum Gasteiger partial charge on any atom is 0.230 e. The first kappa shape index (κ1) is 16.6. The highest BCUT2D eigenvalue weighted by Gasteiger charge is 2.14. The van der Waals surface area contributed by atoms with Gasteiger partial charge in [0.2, 0.25) is 11.1 Å². The molecule has 0 aliphatic carbocycles. The Hall–Kier alpha value is -2.26. The van der Waals surface area contributed by atoms with E-state index in [4.69, 9.17) is 0 Å². The maximum atomic E-state index is 13.3.